The largest absolute Gasteiger partial charge is 0.469 e. The van der Waals surface area contributed by atoms with E-state index in [1.165, 1.54) is 7.11 Å². The summed E-state index contributed by atoms with van der Waals surface area (Å²) in [5.41, 5.74) is 0.244. The van der Waals surface area contributed by atoms with E-state index in [9.17, 15) is 13.6 Å². The topological polar surface area (TPSA) is 39.2 Å². The maximum atomic E-state index is 12.6. The zero-order chi connectivity index (χ0) is 13.0. The second-order valence-corrected chi connectivity index (χ2v) is 4.08. The van der Waals surface area contributed by atoms with E-state index in [-0.39, 0.29) is 33.6 Å². The molecule has 94 valence electrons. The summed E-state index contributed by atoms with van der Waals surface area (Å²) < 4.78 is 29.8. The number of hydrogen-bond acceptors (Lipinski definition) is 3. The molecule has 0 radical (unpaired) electrons. The summed E-state index contributed by atoms with van der Waals surface area (Å²) in [5, 5.41) is 0.243. The first-order chi connectivity index (χ1) is 8.01. The third-order valence-electron chi connectivity index (χ3n) is 2.13. The summed E-state index contributed by atoms with van der Waals surface area (Å²) >= 11 is 9.01. The molecule has 0 atom stereocenters. The van der Waals surface area contributed by atoms with Crippen molar-refractivity contribution < 1.29 is 18.3 Å². The van der Waals surface area contributed by atoms with Crippen LogP contribution in [0.25, 0.3) is 0 Å². The van der Waals surface area contributed by atoms with Crippen LogP contribution in [0.4, 0.5) is 8.78 Å². The van der Waals surface area contributed by atoms with Gasteiger partial charge in [0.1, 0.15) is 0 Å². The van der Waals surface area contributed by atoms with Gasteiger partial charge in [-0.3, -0.25) is 9.78 Å². The average molecular weight is 329 g/mol. The van der Waals surface area contributed by atoms with Crippen LogP contribution in [0.3, 0.4) is 0 Å². The van der Waals surface area contributed by atoms with Gasteiger partial charge in [0, 0.05) is 17.1 Å². The number of carbonyl (C=O) groups excluding carboxylic acids is 1. The van der Waals surface area contributed by atoms with Crippen molar-refractivity contribution in [1.29, 1.82) is 0 Å². The summed E-state index contributed by atoms with van der Waals surface area (Å²) in [7, 11) is 1.23. The molecule has 0 unspecified atom stereocenters. The van der Waals surface area contributed by atoms with Crippen LogP contribution in [0.2, 0.25) is 5.02 Å². The number of alkyl halides is 3. The minimum atomic E-state index is -2.65. The fourth-order valence-corrected chi connectivity index (χ4v) is 2.30. The second-order valence-electron chi connectivity index (χ2n) is 3.14. The molecule has 17 heavy (non-hydrogen) atoms. The molecule has 0 bridgehead atoms. The van der Waals surface area contributed by atoms with Crippen LogP contribution in [0, 0.1) is 0 Å². The van der Waals surface area contributed by atoms with Crippen molar-refractivity contribution in [3.8, 4) is 0 Å². The zero-order valence-corrected chi connectivity index (χ0v) is 11.2. The van der Waals surface area contributed by atoms with E-state index in [1.807, 2.05) is 0 Å². The van der Waals surface area contributed by atoms with Crippen molar-refractivity contribution in [3.63, 3.8) is 0 Å². The zero-order valence-electron chi connectivity index (χ0n) is 8.84. The Morgan fingerprint density at radius 3 is 2.76 bits per heavy atom. The Morgan fingerprint density at radius 2 is 2.29 bits per heavy atom. The number of aromatic nitrogens is 1. The van der Waals surface area contributed by atoms with Gasteiger partial charge in [0.2, 0.25) is 0 Å². The van der Waals surface area contributed by atoms with Gasteiger partial charge in [0.15, 0.2) is 0 Å². The quantitative estimate of drug-likeness (QED) is 0.629. The highest BCUT2D eigenvalue weighted by atomic mass is 79.9. The lowest BCUT2D eigenvalue weighted by Gasteiger charge is -2.11. The van der Waals surface area contributed by atoms with Gasteiger partial charge in [-0.1, -0.05) is 27.5 Å². The highest BCUT2D eigenvalue weighted by molar-refractivity contribution is 9.08. The number of pyridine rings is 1. The molecule has 0 aliphatic heterocycles. The number of methoxy groups -OCH3 is 1. The number of ether oxygens (including phenoxy) is 1. The molecule has 1 rings (SSSR count). The summed E-state index contributed by atoms with van der Waals surface area (Å²) in [6.07, 6.45) is -1.76. The van der Waals surface area contributed by atoms with Crippen molar-refractivity contribution in [2.75, 3.05) is 7.11 Å². The predicted molar refractivity (Wildman–Crippen MR) is 62.6 cm³/mol. The van der Waals surface area contributed by atoms with E-state index in [2.05, 4.69) is 25.7 Å². The average Bonchev–Trinajstić information content (AvgIpc) is 2.30. The van der Waals surface area contributed by atoms with Gasteiger partial charge < -0.3 is 4.74 Å². The summed E-state index contributed by atoms with van der Waals surface area (Å²) in [5.74, 6) is -0.523. The maximum absolute atomic E-state index is 12.6. The van der Waals surface area contributed by atoms with Crippen molar-refractivity contribution >= 4 is 33.5 Å². The number of rotatable bonds is 4. The monoisotopic (exact) mass is 327 g/mol. The molecule has 1 aromatic rings. The first-order valence-corrected chi connectivity index (χ1v) is 6.08. The number of carbonyl (C=O) groups is 1. The summed E-state index contributed by atoms with van der Waals surface area (Å²) in [4.78, 5) is 14.8. The van der Waals surface area contributed by atoms with Crippen LogP contribution in [-0.4, -0.2) is 18.1 Å². The lowest BCUT2D eigenvalue weighted by Crippen LogP contribution is -2.09. The third-order valence-corrected chi connectivity index (χ3v) is 3.14. The Hall–Kier alpha value is -0.750. The van der Waals surface area contributed by atoms with Crippen LogP contribution in [0.15, 0.2) is 6.20 Å². The number of halogens is 4. The molecule has 0 fully saturated rings. The van der Waals surface area contributed by atoms with Gasteiger partial charge in [0.25, 0.3) is 6.43 Å². The molecular weight excluding hydrogens is 319 g/mol. The standard InChI is InChI=1S/C10H9BrClF2NO2/c1-17-8(16)2-7-9(12)5(3-11)6(4-15-7)10(13)14/h4,10H,2-3H2,1H3. The number of esters is 1. The van der Waals surface area contributed by atoms with Crippen LogP contribution < -0.4 is 0 Å². The van der Waals surface area contributed by atoms with Gasteiger partial charge in [0.05, 0.1) is 24.2 Å². The van der Waals surface area contributed by atoms with Crippen molar-refractivity contribution in [2.45, 2.75) is 18.2 Å². The summed E-state index contributed by atoms with van der Waals surface area (Å²) in [6, 6.07) is 0. The van der Waals surface area contributed by atoms with Crippen LogP contribution in [0.5, 0.6) is 0 Å². The molecule has 0 saturated heterocycles. The normalized spacial score (nSPS) is 10.7. The first kappa shape index (κ1) is 14.3. The SMILES string of the molecule is COC(=O)Cc1ncc(C(F)F)c(CBr)c1Cl. The van der Waals surface area contributed by atoms with Crippen LogP contribution in [-0.2, 0) is 21.3 Å². The Labute approximate surface area is 110 Å². The van der Waals surface area contributed by atoms with Crippen molar-refractivity contribution in [1.82, 2.24) is 4.98 Å². The van der Waals surface area contributed by atoms with E-state index in [4.69, 9.17) is 11.6 Å². The van der Waals surface area contributed by atoms with Crippen molar-refractivity contribution in [3.05, 3.63) is 28.0 Å². The Kier molecular flexibility index (Phi) is 5.27. The van der Waals surface area contributed by atoms with Crippen molar-refractivity contribution in [2.24, 2.45) is 0 Å². The molecule has 1 aromatic heterocycles. The van der Waals surface area contributed by atoms with Gasteiger partial charge in [-0.15, -0.1) is 0 Å². The van der Waals surface area contributed by atoms with E-state index in [0.717, 1.165) is 6.20 Å². The molecule has 1 heterocycles. The molecule has 0 aromatic carbocycles. The van der Waals surface area contributed by atoms with Crippen LogP contribution >= 0.6 is 27.5 Å². The second kappa shape index (κ2) is 6.26. The lowest BCUT2D eigenvalue weighted by molar-refractivity contribution is -0.139. The highest BCUT2D eigenvalue weighted by Crippen LogP contribution is 2.31. The highest BCUT2D eigenvalue weighted by Gasteiger charge is 2.19. The maximum Gasteiger partial charge on any atom is 0.311 e. The Bertz CT molecular complexity index is 429. The number of hydrogen-bond donors (Lipinski definition) is 0. The van der Waals surface area contributed by atoms with E-state index >= 15 is 0 Å². The van der Waals surface area contributed by atoms with Crippen LogP contribution in [0.1, 0.15) is 23.2 Å². The van der Waals surface area contributed by atoms with Gasteiger partial charge >= 0.3 is 5.97 Å². The molecule has 3 nitrogen and oxygen atoms in total. The van der Waals surface area contributed by atoms with E-state index < -0.39 is 12.4 Å². The third kappa shape index (κ3) is 3.35. The van der Waals surface area contributed by atoms with Gasteiger partial charge in [-0.05, 0) is 5.56 Å². The molecule has 0 aliphatic carbocycles. The molecule has 0 N–H and O–H groups in total. The first-order valence-electron chi connectivity index (χ1n) is 4.58. The lowest BCUT2D eigenvalue weighted by atomic mass is 10.1. The van der Waals surface area contributed by atoms with Gasteiger partial charge in [-0.25, -0.2) is 8.78 Å². The minimum Gasteiger partial charge on any atom is -0.469 e. The molecule has 0 saturated carbocycles. The molecule has 0 spiro atoms. The fraction of sp³-hybridized carbons (Fsp3) is 0.400. The fourth-order valence-electron chi connectivity index (χ4n) is 1.24. The molecule has 0 aliphatic rings. The smallest absolute Gasteiger partial charge is 0.311 e. The molecular formula is C10H9BrClF2NO2. The Balaban J connectivity index is 3.15. The van der Waals surface area contributed by atoms with E-state index in [0.29, 0.717) is 0 Å². The minimum absolute atomic E-state index is 0.0741. The molecule has 0 amide bonds. The Morgan fingerprint density at radius 1 is 1.65 bits per heavy atom. The number of nitrogens with zero attached hydrogens (tertiary/aromatic N) is 1. The van der Waals surface area contributed by atoms with Gasteiger partial charge in [-0.2, -0.15) is 0 Å². The predicted octanol–water partition coefficient (Wildman–Crippen LogP) is 3.28. The molecule has 7 heteroatoms. The van der Waals surface area contributed by atoms with E-state index in [1.54, 1.807) is 0 Å². The summed E-state index contributed by atoms with van der Waals surface area (Å²) in [6.45, 7) is 0.